The van der Waals surface area contributed by atoms with E-state index in [1.807, 2.05) is 11.4 Å². The van der Waals surface area contributed by atoms with E-state index in [2.05, 4.69) is 5.32 Å². The largest absolute Gasteiger partial charge is 0.481 e. The van der Waals surface area contributed by atoms with Crippen LogP contribution in [0, 0.1) is 0 Å². The van der Waals surface area contributed by atoms with Gasteiger partial charge in [-0.1, -0.05) is 30.3 Å². The summed E-state index contributed by atoms with van der Waals surface area (Å²) >= 11 is 0. The number of carboxylic acid groups (broad SMARTS) is 3. The summed E-state index contributed by atoms with van der Waals surface area (Å²) in [6.07, 6.45) is -1.98. The Bertz CT molecular complexity index is 802. The Labute approximate surface area is 182 Å². The highest BCUT2D eigenvalue weighted by Gasteiger charge is 2.31. The lowest BCUT2D eigenvalue weighted by Crippen LogP contribution is -2.52. The Hall–Kier alpha value is -3.87. The number of nitrogens with one attached hydrogen (secondary N) is 2. The minimum atomic E-state index is -1.73. The first kappa shape index (κ1) is 26.2. The molecule has 0 fully saturated rings. The number of hydroxylamine groups is 2. The molecule has 1 aromatic carbocycles. The zero-order valence-electron chi connectivity index (χ0n) is 17.0. The summed E-state index contributed by atoms with van der Waals surface area (Å²) in [5.74, 6) is -4.39. The second-order valence-corrected chi connectivity index (χ2v) is 6.60. The van der Waals surface area contributed by atoms with Gasteiger partial charge in [-0.05, 0) is 24.8 Å². The van der Waals surface area contributed by atoms with Crippen molar-refractivity contribution in [3.8, 4) is 0 Å². The van der Waals surface area contributed by atoms with Crippen LogP contribution in [0.3, 0.4) is 0 Å². The van der Waals surface area contributed by atoms with Crippen LogP contribution in [0.15, 0.2) is 30.3 Å². The summed E-state index contributed by atoms with van der Waals surface area (Å²) < 4.78 is 4.99. The summed E-state index contributed by atoms with van der Waals surface area (Å²) in [5.41, 5.74) is 0.776. The molecule has 0 aromatic heterocycles. The number of ether oxygens (including phenoxy) is 1. The number of hydrogen-bond acceptors (Lipinski definition) is 7. The number of alkyl carbamates (subject to hydrolysis) is 1. The van der Waals surface area contributed by atoms with E-state index in [9.17, 15) is 34.3 Å². The van der Waals surface area contributed by atoms with E-state index < -0.39 is 55.0 Å². The standard InChI is InChI=1S/C19H25N3O10/c23-15(24)9-8-13(16(25)26)21-18(29)22(31)14(17(27)28)7-4-10-20-19(30)32-11-12-5-2-1-3-6-12/h1-3,5-6,13-14,31H,4,7-11H2,(H,20,30)(H,21,29)(H,23,24)(H,25,26)(H,27,28)/t13-,14-/m0/s1. The van der Waals surface area contributed by atoms with Crippen molar-refractivity contribution in [3.63, 3.8) is 0 Å². The molecule has 0 radical (unpaired) electrons. The number of amides is 3. The van der Waals surface area contributed by atoms with Gasteiger partial charge >= 0.3 is 30.0 Å². The van der Waals surface area contributed by atoms with Gasteiger partial charge in [-0.15, -0.1) is 0 Å². The smallest absolute Gasteiger partial charge is 0.407 e. The lowest BCUT2D eigenvalue weighted by atomic mass is 10.1. The molecule has 0 unspecified atom stereocenters. The van der Waals surface area contributed by atoms with Gasteiger partial charge in [0.25, 0.3) is 0 Å². The van der Waals surface area contributed by atoms with Gasteiger partial charge in [0.1, 0.15) is 12.6 Å². The lowest BCUT2D eigenvalue weighted by molar-refractivity contribution is -0.157. The van der Waals surface area contributed by atoms with Crippen LogP contribution in [0.1, 0.15) is 31.2 Å². The van der Waals surface area contributed by atoms with Crippen molar-refractivity contribution in [2.75, 3.05) is 6.54 Å². The Morgan fingerprint density at radius 3 is 2.19 bits per heavy atom. The van der Waals surface area contributed by atoms with E-state index in [4.69, 9.17) is 14.9 Å². The lowest BCUT2D eigenvalue weighted by Gasteiger charge is -2.24. The predicted octanol–water partition coefficient (Wildman–Crippen LogP) is 0.865. The van der Waals surface area contributed by atoms with E-state index in [-0.39, 0.29) is 31.1 Å². The molecule has 176 valence electrons. The molecule has 0 spiro atoms. The maximum atomic E-state index is 12.0. The van der Waals surface area contributed by atoms with Crippen LogP contribution in [0.2, 0.25) is 0 Å². The van der Waals surface area contributed by atoms with Crippen molar-refractivity contribution in [2.45, 2.75) is 44.4 Å². The monoisotopic (exact) mass is 455 g/mol. The first-order valence-corrected chi connectivity index (χ1v) is 9.52. The number of benzene rings is 1. The molecule has 3 amide bonds. The molecule has 0 bridgehead atoms. The molecule has 6 N–H and O–H groups in total. The summed E-state index contributed by atoms with van der Waals surface area (Å²) in [7, 11) is 0. The van der Waals surface area contributed by atoms with Crippen LogP contribution in [-0.2, 0) is 25.7 Å². The second-order valence-electron chi connectivity index (χ2n) is 6.60. The molecule has 0 saturated carbocycles. The van der Waals surface area contributed by atoms with Gasteiger partial charge in [0.05, 0.1) is 0 Å². The number of rotatable bonds is 13. The van der Waals surface area contributed by atoms with Crippen molar-refractivity contribution in [1.29, 1.82) is 0 Å². The van der Waals surface area contributed by atoms with Crippen molar-refractivity contribution in [1.82, 2.24) is 15.7 Å². The normalized spacial score (nSPS) is 12.2. The first-order valence-electron chi connectivity index (χ1n) is 9.52. The zero-order valence-corrected chi connectivity index (χ0v) is 17.0. The number of carbonyl (C=O) groups excluding carboxylic acids is 2. The Morgan fingerprint density at radius 2 is 1.62 bits per heavy atom. The van der Waals surface area contributed by atoms with Gasteiger partial charge < -0.3 is 30.7 Å². The molecule has 0 aliphatic carbocycles. The van der Waals surface area contributed by atoms with Crippen LogP contribution in [0.4, 0.5) is 9.59 Å². The van der Waals surface area contributed by atoms with E-state index in [1.165, 1.54) is 0 Å². The highest BCUT2D eigenvalue weighted by molar-refractivity contribution is 5.85. The number of nitrogens with zero attached hydrogens (tertiary/aromatic N) is 1. The Morgan fingerprint density at radius 1 is 0.969 bits per heavy atom. The first-order chi connectivity index (χ1) is 15.1. The van der Waals surface area contributed by atoms with Crippen molar-refractivity contribution in [2.24, 2.45) is 0 Å². The highest BCUT2D eigenvalue weighted by Crippen LogP contribution is 2.08. The number of hydrogen-bond donors (Lipinski definition) is 6. The zero-order chi connectivity index (χ0) is 24.1. The topological polar surface area (TPSA) is 203 Å². The summed E-state index contributed by atoms with van der Waals surface area (Å²) in [6, 6.07) is 4.13. The minimum absolute atomic E-state index is 0.0107. The Balaban J connectivity index is 2.47. The van der Waals surface area contributed by atoms with Gasteiger partial charge in [0.15, 0.2) is 6.04 Å². The maximum absolute atomic E-state index is 12.0. The fourth-order valence-corrected chi connectivity index (χ4v) is 2.49. The second kappa shape index (κ2) is 13.4. The predicted molar refractivity (Wildman–Crippen MR) is 106 cm³/mol. The molecule has 1 rings (SSSR count). The fraction of sp³-hybridized carbons (Fsp3) is 0.421. The summed E-state index contributed by atoms with van der Waals surface area (Å²) in [4.78, 5) is 56.7. The van der Waals surface area contributed by atoms with Gasteiger partial charge in [-0.3, -0.25) is 10.0 Å². The van der Waals surface area contributed by atoms with E-state index in [0.29, 0.717) is 0 Å². The van der Waals surface area contributed by atoms with Crippen molar-refractivity contribution in [3.05, 3.63) is 35.9 Å². The third-order valence-electron chi connectivity index (χ3n) is 4.17. The summed E-state index contributed by atoms with van der Waals surface area (Å²) in [6.45, 7) is 0.0326. The molecule has 2 atom stereocenters. The average molecular weight is 455 g/mol. The summed E-state index contributed by atoms with van der Waals surface area (Å²) in [5, 5.41) is 40.9. The SMILES string of the molecule is O=C(O)CC[C@H](NC(=O)N(O)[C@@H](CCCNC(=O)OCc1ccccc1)C(=O)O)C(=O)O. The quantitative estimate of drug-likeness (QED) is 0.141. The van der Waals surface area contributed by atoms with Crippen molar-refractivity contribution < 1.29 is 49.2 Å². The third kappa shape index (κ3) is 9.75. The van der Waals surface area contributed by atoms with E-state index >= 15 is 0 Å². The minimum Gasteiger partial charge on any atom is -0.481 e. The third-order valence-corrected chi connectivity index (χ3v) is 4.17. The molecule has 13 heteroatoms. The maximum Gasteiger partial charge on any atom is 0.407 e. The molecule has 13 nitrogen and oxygen atoms in total. The van der Waals surface area contributed by atoms with Gasteiger partial charge in [0.2, 0.25) is 0 Å². The molecule has 0 saturated heterocycles. The molecular formula is C19H25N3O10. The van der Waals surface area contributed by atoms with Crippen LogP contribution in [-0.4, -0.2) is 74.3 Å². The fourth-order valence-electron chi connectivity index (χ4n) is 2.49. The number of carboxylic acids is 3. The molecule has 1 aromatic rings. The van der Waals surface area contributed by atoms with Crippen molar-refractivity contribution >= 4 is 30.0 Å². The number of carbonyl (C=O) groups is 5. The molecule has 0 aliphatic heterocycles. The number of urea groups is 1. The van der Waals surface area contributed by atoms with Crippen LogP contribution in [0.25, 0.3) is 0 Å². The van der Waals surface area contributed by atoms with Crippen LogP contribution >= 0.6 is 0 Å². The van der Waals surface area contributed by atoms with E-state index in [0.717, 1.165) is 5.56 Å². The van der Waals surface area contributed by atoms with Crippen LogP contribution < -0.4 is 10.6 Å². The van der Waals surface area contributed by atoms with Gasteiger partial charge in [-0.25, -0.2) is 19.2 Å². The van der Waals surface area contributed by atoms with Crippen LogP contribution in [0.5, 0.6) is 0 Å². The Kier molecular flexibility index (Phi) is 11.0. The molecule has 0 aliphatic rings. The molecule has 0 heterocycles. The highest BCUT2D eigenvalue weighted by atomic mass is 16.5. The molecular weight excluding hydrogens is 430 g/mol. The van der Waals surface area contributed by atoms with Gasteiger partial charge in [0, 0.05) is 13.0 Å². The van der Waals surface area contributed by atoms with Gasteiger partial charge in [-0.2, -0.15) is 5.06 Å². The average Bonchev–Trinajstić information content (AvgIpc) is 2.74. The van der Waals surface area contributed by atoms with E-state index in [1.54, 1.807) is 24.3 Å². The molecule has 32 heavy (non-hydrogen) atoms. The number of aliphatic carboxylic acids is 3.